The van der Waals surface area contributed by atoms with Crippen molar-refractivity contribution in [2.45, 2.75) is 61.6 Å². The Hall–Kier alpha value is -3.29. The summed E-state index contributed by atoms with van der Waals surface area (Å²) in [5.74, 6) is -2.89. The molecule has 3 atom stereocenters. The Balaban J connectivity index is 1.50. The summed E-state index contributed by atoms with van der Waals surface area (Å²) >= 11 is 4.79. The highest BCUT2D eigenvalue weighted by molar-refractivity contribution is 8.01. The second kappa shape index (κ2) is 12.7. The first kappa shape index (κ1) is 30.7. The highest BCUT2D eigenvalue weighted by Gasteiger charge is 2.54. The van der Waals surface area contributed by atoms with Gasteiger partial charge in [-0.3, -0.25) is 14.5 Å². The molecule has 2 aromatic rings. The lowest BCUT2D eigenvalue weighted by Gasteiger charge is -2.49. The molecule has 0 spiro atoms. The number of carbonyl (C=O) groups is 4. The second-order valence-electron chi connectivity index (χ2n) is 9.54. The Morgan fingerprint density at radius 2 is 2.12 bits per heavy atom. The predicted octanol–water partition coefficient (Wildman–Crippen LogP) is 1.34. The number of carboxylic acid groups (broad SMARTS) is 1. The first-order chi connectivity index (χ1) is 19.4. The quantitative estimate of drug-likeness (QED) is 0.104. The zero-order valence-electron chi connectivity index (χ0n) is 22.2. The normalized spacial score (nSPS) is 19.8. The van der Waals surface area contributed by atoms with Crippen LogP contribution in [0.5, 0.6) is 0 Å². The van der Waals surface area contributed by atoms with E-state index in [9.17, 15) is 24.3 Å². The van der Waals surface area contributed by atoms with Crippen molar-refractivity contribution in [3.05, 3.63) is 22.6 Å². The summed E-state index contributed by atoms with van der Waals surface area (Å²) in [4.78, 5) is 61.6. The summed E-state index contributed by atoms with van der Waals surface area (Å²) < 4.78 is 10.0. The number of oxime groups is 1. The standard InChI is InChI=1S/C22H26N8O7S4/c1-5-10(19(35)36-22(2,3)4)37-28-11(14-26-20(23)41-29-14)15(31)25-12-16(32)30-13(18(33)34)9(6-38-17(12)30)7-39-21-27-24-8-40-21/h8,10,12,17H,5-7H2,1-4H3,(H,25,31)(H,33,34)(H2,23,26,29)/t10?,12?,17-/m0/s1. The number of hydrogen-bond acceptors (Lipinski definition) is 16. The van der Waals surface area contributed by atoms with E-state index in [2.05, 4.69) is 30.0 Å². The maximum absolute atomic E-state index is 13.3. The van der Waals surface area contributed by atoms with Crippen LogP contribution in [0.2, 0.25) is 0 Å². The van der Waals surface area contributed by atoms with Gasteiger partial charge in [0.05, 0.1) is 0 Å². The fourth-order valence-electron chi connectivity index (χ4n) is 3.66. The van der Waals surface area contributed by atoms with Crippen LogP contribution in [0.15, 0.2) is 26.3 Å². The van der Waals surface area contributed by atoms with E-state index < -0.39 is 52.6 Å². The van der Waals surface area contributed by atoms with Gasteiger partial charge in [-0.25, -0.2) is 9.59 Å². The van der Waals surface area contributed by atoms with Crippen molar-refractivity contribution < 1.29 is 33.9 Å². The van der Waals surface area contributed by atoms with E-state index in [0.717, 1.165) is 11.5 Å². The molecule has 4 heterocycles. The number of aliphatic carboxylic acids is 1. The van der Waals surface area contributed by atoms with Crippen LogP contribution in [0.3, 0.4) is 0 Å². The lowest BCUT2D eigenvalue weighted by Crippen LogP contribution is -2.71. The van der Waals surface area contributed by atoms with E-state index in [-0.39, 0.29) is 23.1 Å². The SMILES string of the molecule is CCC(ON=C(C(=O)NC1C(=O)N2C(C(=O)O)=C(CSc3nncs3)CS[C@@H]12)c1nsc(N)n1)C(=O)OC(C)(C)C. The monoisotopic (exact) mass is 642 g/mol. The van der Waals surface area contributed by atoms with Crippen LogP contribution < -0.4 is 11.1 Å². The summed E-state index contributed by atoms with van der Waals surface area (Å²) in [6, 6.07) is -1.05. The molecule has 19 heteroatoms. The Labute approximate surface area is 250 Å². The van der Waals surface area contributed by atoms with Crippen molar-refractivity contribution in [1.29, 1.82) is 0 Å². The number of nitrogens with two attached hydrogens (primary N) is 1. The molecule has 0 radical (unpaired) electrons. The highest BCUT2D eigenvalue weighted by atomic mass is 32.2. The van der Waals surface area contributed by atoms with E-state index in [1.165, 1.54) is 39.8 Å². The number of carbonyl (C=O) groups excluding carboxylic acids is 3. The number of anilines is 1. The first-order valence-electron chi connectivity index (χ1n) is 12.1. The van der Waals surface area contributed by atoms with Gasteiger partial charge in [-0.15, -0.1) is 22.0 Å². The molecule has 2 aliphatic heterocycles. The van der Waals surface area contributed by atoms with Gasteiger partial charge in [-0.05, 0) is 32.8 Å². The first-order valence-corrected chi connectivity index (χ1v) is 15.7. The molecule has 0 bridgehead atoms. The van der Waals surface area contributed by atoms with Crippen LogP contribution in [0.25, 0.3) is 0 Å². The second-order valence-corrected chi connectivity index (χ2v) is 13.5. The number of amides is 2. The number of nitrogens with zero attached hydrogens (tertiary/aromatic N) is 6. The van der Waals surface area contributed by atoms with E-state index >= 15 is 0 Å². The van der Waals surface area contributed by atoms with Gasteiger partial charge in [0.1, 0.15) is 28.2 Å². The maximum Gasteiger partial charge on any atom is 0.352 e. The van der Waals surface area contributed by atoms with Crippen LogP contribution in [-0.4, -0.2) is 93.7 Å². The van der Waals surface area contributed by atoms with E-state index in [0.29, 0.717) is 21.4 Å². The summed E-state index contributed by atoms with van der Waals surface area (Å²) in [5.41, 5.74) is 6.53. The minimum atomic E-state index is -1.24. The number of esters is 1. The van der Waals surface area contributed by atoms with Crippen molar-refractivity contribution in [2.75, 3.05) is 17.2 Å². The van der Waals surface area contributed by atoms with Gasteiger partial charge in [0, 0.05) is 23.0 Å². The third-order valence-electron chi connectivity index (χ3n) is 5.43. The number of rotatable bonds is 11. The van der Waals surface area contributed by atoms with Crippen molar-refractivity contribution >= 4 is 81.0 Å². The number of aromatic nitrogens is 4. The summed E-state index contributed by atoms with van der Waals surface area (Å²) in [6.45, 7) is 6.79. The number of ether oxygens (including phenoxy) is 1. The Morgan fingerprint density at radius 3 is 2.71 bits per heavy atom. The molecule has 0 saturated carbocycles. The van der Waals surface area contributed by atoms with Crippen LogP contribution in [0.4, 0.5) is 5.13 Å². The van der Waals surface area contributed by atoms with Gasteiger partial charge in [0.15, 0.2) is 9.47 Å². The van der Waals surface area contributed by atoms with Crippen LogP contribution in [0, 0.1) is 0 Å². The molecule has 2 aromatic heterocycles. The number of thioether (sulfide) groups is 2. The Morgan fingerprint density at radius 1 is 1.37 bits per heavy atom. The number of hydrogen-bond donors (Lipinski definition) is 3. The van der Waals surface area contributed by atoms with Crippen molar-refractivity contribution in [1.82, 2.24) is 29.8 Å². The number of nitrogen functional groups attached to an aromatic ring is 1. The fourth-order valence-corrected chi connectivity index (χ4v) is 7.07. The van der Waals surface area contributed by atoms with Gasteiger partial charge >= 0.3 is 11.9 Å². The van der Waals surface area contributed by atoms with Gasteiger partial charge < -0.3 is 25.7 Å². The Kier molecular flexibility index (Phi) is 9.50. The average molecular weight is 643 g/mol. The molecule has 220 valence electrons. The van der Waals surface area contributed by atoms with E-state index in [4.69, 9.17) is 15.3 Å². The van der Waals surface area contributed by atoms with E-state index in [1.54, 1.807) is 33.2 Å². The van der Waals surface area contributed by atoms with Crippen LogP contribution in [-0.2, 0) is 28.8 Å². The molecule has 41 heavy (non-hydrogen) atoms. The van der Waals surface area contributed by atoms with Gasteiger partial charge in [-0.1, -0.05) is 35.2 Å². The third-order valence-corrected chi connectivity index (χ3v) is 9.26. The maximum atomic E-state index is 13.3. The van der Waals surface area contributed by atoms with Crippen molar-refractivity contribution in [3.63, 3.8) is 0 Å². The minimum Gasteiger partial charge on any atom is -0.477 e. The van der Waals surface area contributed by atoms with Crippen molar-refractivity contribution in [3.8, 4) is 0 Å². The van der Waals surface area contributed by atoms with Crippen LogP contribution >= 0.6 is 46.4 Å². The molecule has 2 unspecified atom stereocenters. The summed E-state index contributed by atoms with van der Waals surface area (Å²) in [7, 11) is 0. The fraction of sp³-hybridized carbons (Fsp3) is 0.500. The number of nitrogens with one attached hydrogen (secondary N) is 1. The summed E-state index contributed by atoms with van der Waals surface area (Å²) in [6.07, 6.45) is -0.930. The molecular formula is C22H26N8O7S4. The predicted molar refractivity (Wildman–Crippen MR) is 152 cm³/mol. The highest BCUT2D eigenvalue weighted by Crippen LogP contribution is 2.41. The molecule has 0 aromatic carbocycles. The number of β-lactam (4-membered cyclic amide) rings is 1. The molecule has 1 fully saturated rings. The molecule has 4 rings (SSSR count). The lowest BCUT2D eigenvalue weighted by atomic mass is 10.0. The van der Waals surface area contributed by atoms with Gasteiger partial charge in [0.25, 0.3) is 11.8 Å². The van der Waals surface area contributed by atoms with Crippen LogP contribution in [0.1, 0.15) is 39.9 Å². The lowest BCUT2D eigenvalue weighted by molar-refractivity contribution is -0.169. The van der Waals surface area contributed by atoms with E-state index in [1.807, 2.05) is 0 Å². The average Bonchev–Trinajstić information content (AvgIpc) is 3.58. The molecular weight excluding hydrogens is 617 g/mol. The molecule has 0 aliphatic carbocycles. The van der Waals surface area contributed by atoms with Gasteiger partial charge in [-0.2, -0.15) is 9.36 Å². The smallest absolute Gasteiger partial charge is 0.352 e. The largest absolute Gasteiger partial charge is 0.477 e. The van der Waals surface area contributed by atoms with Gasteiger partial charge in [0.2, 0.25) is 17.6 Å². The molecule has 15 nitrogen and oxygen atoms in total. The molecule has 2 amide bonds. The van der Waals surface area contributed by atoms with Crippen molar-refractivity contribution in [2.24, 2.45) is 5.16 Å². The molecule has 2 aliphatic rings. The minimum absolute atomic E-state index is 0.0589. The zero-order valence-corrected chi connectivity index (χ0v) is 25.5. The Bertz CT molecular complexity index is 1390. The third kappa shape index (κ3) is 7.14. The number of carboxylic acids is 1. The topological polar surface area (TPSA) is 212 Å². The molecule has 4 N–H and O–H groups in total. The molecule has 1 saturated heterocycles. The zero-order chi connectivity index (χ0) is 29.9. The number of fused-ring (bicyclic) bond motifs is 1. The summed E-state index contributed by atoms with van der Waals surface area (Å²) in [5, 5.41) is 23.4.